The molecule has 3 N–H and O–H groups in total. The lowest BCUT2D eigenvalue weighted by molar-refractivity contribution is 0.305. The van der Waals surface area contributed by atoms with Gasteiger partial charge in [0.05, 0.1) is 4.47 Å². The number of likely N-dealkylation sites (tertiary alicyclic amines) is 1. The quantitative estimate of drug-likeness (QED) is 0.875. The lowest BCUT2D eigenvalue weighted by atomic mass is 9.99. The maximum Gasteiger partial charge on any atom is 0.134 e. The van der Waals surface area contributed by atoms with E-state index in [1.165, 1.54) is 0 Å². The fourth-order valence-corrected chi connectivity index (χ4v) is 2.82. The van der Waals surface area contributed by atoms with Crippen LogP contribution in [0.4, 0.5) is 0 Å². The van der Waals surface area contributed by atoms with Crippen LogP contribution in [0, 0.1) is 5.92 Å². The second-order valence-corrected chi connectivity index (χ2v) is 5.32. The number of hydrogen-bond acceptors (Lipinski definition) is 3. The SMILES string of the molecule is CN1CC(CN)CC1c1cccc(Br)c1O. The summed E-state index contributed by atoms with van der Waals surface area (Å²) in [5.74, 6) is 0.894. The standard InChI is InChI=1S/C12H17BrN2O/c1-15-7-8(6-14)5-11(15)9-3-2-4-10(13)12(9)16/h2-4,8,11,16H,5-7,14H2,1H3. The molecule has 1 saturated heterocycles. The van der Waals surface area contributed by atoms with E-state index >= 15 is 0 Å². The fourth-order valence-electron chi connectivity index (χ4n) is 2.44. The number of benzene rings is 1. The highest BCUT2D eigenvalue weighted by atomic mass is 79.9. The Balaban J connectivity index is 2.28. The Morgan fingerprint density at radius 1 is 1.56 bits per heavy atom. The second-order valence-electron chi connectivity index (χ2n) is 4.47. The number of hydrogen-bond donors (Lipinski definition) is 2. The van der Waals surface area contributed by atoms with Crippen LogP contribution in [0.25, 0.3) is 0 Å². The van der Waals surface area contributed by atoms with Crippen LogP contribution in [-0.4, -0.2) is 30.1 Å². The molecule has 2 atom stereocenters. The number of para-hydroxylation sites is 1. The molecule has 0 aromatic heterocycles. The maximum atomic E-state index is 10.0. The number of nitrogens with zero attached hydrogens (tertiary/aromatic N) is 1. The summed E-state index contributed by atoms with van der Waals surface area (Å²) < 4.78 is 0.759. The van der Waals surface area contributed by atoms with Crippen LogP contribution in [0.3, 0.4) is 0 Å². The van der Waals surface area contributed by atoms with E-state index in [-0.39, 0.29) is 6.04 Å². The van der Waals surface area contributed by atoms with Crippen LogP contribution in [0.5, 0.6) is 5.75 Å². The number of aromatic hydroxyl groups is 1. The fraction of sp³-hybridized carbons (Fsp3) is 0.500. The van der Waals surface area contributed by atoms with Crippen molar-refractivity contribution in [1.82, 2.24) is 4.90 Å². The highest BCUT2D eigenvalue weighted by Crippen LogP contribution is 2.40. The largest absolute Gasteiger partial charge is 0.506 e. The molecule has 1 heterocycles. The Morgan fingerprint density at radius 3 is 2.94 bits per heavy atom. The van der Waals surface area contributed by atoms with Gasteiger partial charge in [0, 0.05) is 18.2 Å². The summed E-state index contributed by atoms with van der Waals surface area (Å²) >= 11 is 3.35. The first-order valence-corrected chi connectivity index (χ1v) is 6.30. The van der Waals surface area contributed by atoms with E-state index in [2.05, 4.69) is 27.9 Å². The summed E-state index contributed by atoms with van der Waals surface area (Å²) in [5, 5.41) is 10.0. The van der Waals surface area contributed by atoms with Crippen molar-refractivity contribution in [2.75, 3.05) is 20.1 Å². The number of nitrogens with two attached hydrogens (primary N) is 1. The van der Waals surface area contributed by atoms with Crippen molar-refractivity contribution in [2.45, 2.75) is 12.5 Å². The van der Waals surface area contributed by atoms with Crippen molar-refractivity contribution in [3.8, 4) is 5.75 Å². The molecule has 16 heavy (non-hydrogen) atoms. The molecule has 2 unspecified atom stereocenters. The number of halogens is 1. The van der Waals surface area contributed by atoms with Crippen molar-refractivity contribution in [1.29, 1.82) is 0 Å². The summed E-state index contributed by atoms with van der Waals surface area (Å²) in [4.78, 5) is 2.26. The Kier molecular flexibility index (Phi) is 3.52. The van der Waals surface area contributed by atoms with E-state index in [1.807, 2.05) is 18.2 Å². The Labute approximate surface area is 104 Å². The van der Waals surface area contributed by atoms with E-state index < -0.39 is 0 Å². The van der Waals surface area contributed by atoms with Gasteiger partial charge in [0.25, 0.3) is 0 Å². The third-order valence-corrected chi connectivity index (χ3v) is 3.99. The van der Waals surface area contributed by atoms with E-state index in [4.69, 9.17) is 5.73 Å². The molecule has 1 fully saturated rings. The van der Waals surface area contributed by atoms with Crippen LogP contribution < -0.4 is 5.73 Å². The van der Waals surface area contributed by atoms with Crippen LogP contribution in [-0.2, 0) is 0 Å². The second kappa shape index (κ2) is 4.73. The molecule has 0 radical (unpaired) electrons. The zero-order chi connectivity index (χ0) is 11.7. The topological polar surface area (TPSA) is 49.5 Å². The first-order chi connectivity index (χ1) is 7.63. The third kappa shape index (κ3) is 2.10. The predicted octanol–water partition coefficient (Wildman–Crippen LogP) is 2.11. The van der Waals surface area contributed by atoms with Crippen LogP contribution in [0.15, 0.2) is 22.7 Å². The minimum atomic E-state index is 0.283. The minimum Gasteiger partial charge on any atom is -0.506 e. The molecule has 0 bridgehead atoms. The zero-order valence-corrected chi connectivity index (χ0v) is 10.9. The van der Waals surface area contributed by atoms with Gasteiger partial charge in [-0.25, -0.2) is 0 Å². The summed E-state index contributed by atoms with van der Waals surface area (Å²) in [5.41, 5.74) is 6.70. The smallest absolute Gasteiger partial charge is 0.134 e. The maximum absolute atomic E-state index is 10.0. The highest BCUT2D eigenvalue weighted by Gasteiger charge is 2.31. The van der Waals surface area contributed by atoms with Gasteiger partial charge in [-0.15, -0.1) is 0 Å². The lowest BCUT2D eigenvalue weighted by Crippen LogP contribution is -2.20. The molecule has 1 aliphatic heterocycles. The molecule has 1 aromatic rings. The number of rotatable bonds is 2. The lowest BCUT2D eigenvalue weighted by Gasteiger charge is -2.20. The Morgan fingerprint density at radius 2 is 2.31 bits per heavy atom. The summed E-state index contributed by atoms with van der Waals surface area (Å²) in [6, 6.07) is 6.09. The van der Waals surface area contributed by atoms with Gasteiger partial charge in [-0.2, -0.15) is 0 Å². The van der Waals surface area contributed by atoms with Gasteiger partial charge >= 0.3 is 0 Å². The number of phenols is 1. The van der Waals surface area contributed by atoms with E-state index in [0.29, 0.717) is 11.7 Å². The van der Waals surface area contributed by atoms with Gasteiger partial charge in [-0.3, -0.25) is 4.90 Å². The van der Waals surface area contributed by atoms with Crippen molar-refractivity contribution in [3.05, 3.63) is 28.2 Å². The monoisotopic (exact) mass is 284 g/mol. The molecular weight excluding hydrogens is 268 g/mol. The minimum absolute atomic E-state index is 0.283. The molecule has 88 valence electrons. The summed E-state index contributed by atoms with van der Waals surface area (Å²) in [7, 11) is 2.08. The van der Waals surface area contributed by atoms with Gasteiger partial charge in [0.1, 0.15) is 5.75 Å². The van der Waals surface area contributed by atoms with E-state index in [1.54, 1.807) is 0 Å². The average molecular weight is 285 g/mol. The molecule has 1 aliphatic rings. The Hall–Kier alpha value is -0.580. The molecule has 0 saturated carbocycles. The van der Waals surface area contributed by atoms with Gasteiger partial charge < -0.3 is 10.8 Å². The molecule has 0 spiro atoms. The van der Waals surface area contributed by atoms with Crippen molar-refractivity contribution >= 4 is 15.9 Å². The van der Waals surface area contributed by atoms with Gasteiger partial charge in [-0.05, 0) is 47.9 Å². The van der Waals surface area contributed by atoms with Crippen molar-refractivity contribution < 1.29 is 5.11 Å². The first-order valence-electron chi connectivity index (χ1n) is 5.51. The van der Waals surface area contributed by atoms with Crippen molar-refractivity contribution in [2.24, 2.45) is 11.7 Å². The molecule has 0 amide bonds. The summed E-state index contributed by atoms with van der Waals surface area (Å²) in [6.07, 6.45) is 1.02. The highest BCUT2D eigenvalue weighted by molar-refractivity contribution is 9.10. The van der Waals surface area contributed by atoms with Gasteiger partial charge in [0.15, 0.2) is 0 Å². The zero-order valence-electron chi connectivity index (χ0n) is 9.36. The Bertz CT molecular complexity index is 383. The first kappa shape index (κ1) is 11.9. The predicted molar refractivity (Wildman–Crippen MR) is 68.3 cm³/mol. The molecular formula is C12H17BrN2O. The van der Waals surface area contributed by atoms with Crippen LogP contribution in [0.1, 0.15) is 18.0 Å². The third-order valence-electron chi connectivity index (χ3n) is 3.35. The van der Waals surface area contributed by atoms with Gasteiger partial charge in [0.2, 0.25) is 0 Å². The van der Waals surface area contributed by atoms with Crippen LogP contribution >= 0.6 is 15.9 Å². The molecule has 0 aliphatic carbocycles. The molecule has 2 rings (SSSR count). The van der Waals surface area contributed by atoms with Gasteiger partial charge in [-0.1, -0.05) is 12.1 Å². The van der Waals surface area contributed by atoms with Crippen LogP contribution in [0.2, 0.25) is 0 Å². The molecule has 3 nitrogen and oxygen atoms in total. The molecule has 1 aromatic carbocycles. The van der Waals surface area contributed by atoms with E-state index in [9.17, 15) is 5.11 Å². The van der Waals surface area contributed by atoms with Crippen molar-refractivity contribution in [3.63, 3.8) is 0 Å². The summed E-state index contributed by atoms with van der Waals surface area (Å²) in [6.45, 7) is 1.72. The molecule has 4 heteroatoms. The normalized spacial score (nSPS) is 26.2. The number of phenolic OH excluding ortho intramolecular Hbond substituents is 1. The van der Waals surface area contributed by atoms with E-state index in [0.717, 1.165) is 29.5 Å². The average Bonchev–Trinajstić information content (AvgIpc) is 2.64.